The SMILES string of the molecule is O=[N+]([O-])c1ccccc1N1CCN(c2ccc(S(=O)(=O)N3CCCCC3)cn2)CC1. The molecule has 9 nitrogen and oxygen atoms in total. The van der Waals surface area contributed by atoms with Crippen molar-refractivity contribution < 1.29 is 13.3 Å². The maximum absolute atomic E-state index is 12.8. The quantitative estimate of drug-likeness (QED) is 0.530. The van der Waals surface area contributed by atoms with Crippen molar-refractivity contribution in [2.45, 2.75) is 24.2 Å². The van der Waals surface area contributed by atoms with Crippen LogP contribution in [0.4, 0.5) is 17.2 Å². The van der Waals surface area contributed by atoms with Crippen molar-refractivity contribution in [1.29, 1.82) is 0 Å². The molecule has 0 N–H and O–H groups in total. The van der Waals surface area contributed by atoms with E-state index in [1.165, 1.54) is 12.3 Å². The molecule has 0 atom stereocenters. The van der Waals surface area contributed by atoms with Crippen molar-refractivity contribution >= 4 is 27.2 Å². The lowest BCUT2D eigenvalue weighted by atomic mass is 10.2. The highest BCUT2D eigenvalue weighted by molar-refractivity contribution is 7.89. The van der Waals surface area contributed by atoms with Gasteiger partial charge in [0.25, 0.3) is 5.69 Å². The van der Waals surface area contributed by atoms with Gasteiger partial charge in [0.1, 0.15) is 16.4 Å². The summed E-state index contributed by atoms with van der Waals surface area (Å²) in [6.45, 7) is 3.69. The Morgan fingerprint density at radius 2 is 1.53 bits per heavy atom. The third-order valence-electron chi connectivity index (χ3n) is 5.70. The minimum absolute atomic E-state index is 0.108. The fourth-order valence-corrected chi connectivity index (χ4v) is 5.49. The zero-order valence-corrected chi connectivity index (χ0v) is 17.5. The van der Waals surface area contributed by atoms with Crippen LogP contribution in [-0.2, 0) is 10.0 Å². The molecule has 1 aromatic carbocycles. The highest BCUT2D eigenvalue weighted by atomic mass is 32.2. The van der Waals surface area contributed by atoms with Crippen molar-refractivity contribution in [3.8, 4) is 0 Å². The molecule has 1 aromatic heterocycles. The number of benzene rings is 1. The Morgan fingerprint density at radius 3 is 2.17 bits per heavy atom. The van der Waals surface area contributed by atoms with Gasteiger partial charge in [-0.1, -0.05) is 18.6 Å². The first kappa shape index (κ1) is 20.5. The van der Waals surface area contributed by atoms with E-state index in [-0.39, 0.29) is 15.5 Å². The second kappa shape index (κ2) is 8.57. The highest BCUT2D eigenvalue weighted by Gasteiger charge is 2.27. The summed E-state index contributed by atoms with van der Waals surface area (Å²) in [5.41, 5.74) is 0.731. The van der Waals surface area contributed by atoms with Gasteiger partial charge in [0.05, 0.1) is 4.92 Å². The number of pyridine rings is 1. The third kappa shape index (κ3) is 4.10. The largest absolute Gasteiger partial charge is 0.362 e. The molecule has 2 aliphatic heterocycles. The van der Waals surface area contributed by atoms with Crippen LogP contribution in [-0.4, -0.2) is 61.9 Å². The van der Waals surface area contributed by atoms with Crippen molar-refractivity contribution in [3.63, 3.8) is 0 Å². The topological polar surface area (TPSA) is 99.9 Å². The number of para-hydroxylation sites is 2. The van der Waals surface area contributed by atoms with Crippen molar-refractivity contribution in [3.05, 3.63) is 52.7 Å². The monoisotopic (exact) mass is 431 g/mol. The second-order valence-corrected chi connectivity index (χ2v) is 9.47. The molecule has 0 radical (unpaired) electrons. The molecule has 0 unspecified atom stereocenters. The predicted molar refractivity (Wildman–Crippen MR) is 114 cm³/mol. The number of nitro benzene ring substituents is 1. The zero-order valence-electron chi connectivity index (χ0n) is 16.7. The Hall–Kier alpha value is -2.72. The van der Waals surface area contributed by atoms with E-state index in [1.807, 2.05) is 4.90 Å². The molecule has 4 rings (SSSR count). The lowest BCUT2D eigenvalue weighted by Gasteiger charge is -2.36. The molecule has 2 fully saturated rings. The molecule has 0 aliphatic carbocycles. The molecule has 0 amide bonds. The summed E-state index contributed by atoms with van der Waals surface area (Å²) < 4.78 is 27.1. The molecule has 0 spiro atoms. The Morgan fingerprint density at radius 1 is 0.867 bits per heavy atom. The molecule has 0 saturated carbocycles. The number of hydrogen-bond acceptors (Lipinski definition) is 7. The fraction of sp³-hybridized carbons (Fsp3) is 0.450. The van der Waals surface area contributed by atoms with E-state index in [0.717, 1.165) is 25.1 Å². The van der Waals surface area contributed by atoms with Crippen LogP contribution < -0.4 is 9.80 Å². The van der Waals surface area contributed by atoms with Crippen molar-refractivity contribution in [2.75, 3.05) is 49.1 Å². The number of anilines is 2. The van der Waals surface area contributed by atoms with Crippen LogP contribution in [0.5, 0.6) is 0 Å². The standard InChI is InChI=1S/C20H25N5O4S/c26-25(27)19-7-3-2-6-18(19)22-12-14-23(15-13-22)20-9-8-17(16-21-20)30(28,29)24-10-4-1-5-11-24/h2-3,6-9,16H,1,4-5,10-15H2. The number of nitro groups is 1. The molecule has 2 aliphatic rings. The third-order valence-corrected chi connectivity index (χ3v) is 7.58. The van der Waals surface area contributed by atoms with E-state index in [2.05, 4.69) is 9.88 Å². The molecule has 2 aromatic rings. The summed E-state index contributed by atoms with van der Waals surface area (Å²) in [6, 6.07) is 10.1. The van der Waals surface area contributed by atoms with Gasteiger partial charge in [-0.3, -0.25) is 10.1 Å². The summed E-state index contributed by atoms with van der Waals surface area (Å²) >= 11 is 0. The first-order chi connectivity index (χ1) is 14.5. The number of sulfonamides is 1. The van der Waals surface area contributed by atoms with Crippen LogP contribution in [0.25, 0.3) is 0 Å². The Kier molecular flexibility index (Phi) is 5.87. The fourth-order valence-electron chi connectivity index (χ4n) is 4.03. The Balaban J connectivity index is 1.43. The number of piperazine rings is 1. The smallest absolute Gasteiger partial charge is 0.292 e. The molecule has 10 heteroatoms. The number of nitrogens with zero attached hydrogens (tertiary/aromatic N) is 5. The van der Waals surface area contributed by atoms with Gasteiger partial charge >= 0.3 is 0 Å². The number of aromatic nitrogens is 1. The first-order valence-electron chi connectivity index (χ1n) is 10.2. The van der Waals surface area contributed by atoms with E-state index >= 15 is 0 Å². The van der Waals surface area contributed by atoms with E-state index in [4.69, 9.17) is 0 Å². The second-order valence-electron chi connectivity index (χ2n) is 7.54. The molecular weight excluding hydrogens is 406 g/mol. The van der Waals surface area contributed by atoms with Gasteiger partial charge in [-0.05, 0) is 31.0 Å². The van der Waals surface area contributed by atoms with Crippen LogP contribution in [0.3, 0.4) is 0 Å². The summed E-state index contributed by atoms with van der Waals surface area (Å²) in [6.07, 6.45) is 4.30. The molecule has 160 valence electrons. The summed E-state index contributed by atoms with van der Waals surface area (Å²) in [5, 5.41) is 11.3. The van der Waals surface area contributed by atoms with Crippen LogP contribution in [0.1, 0.15) is 19.3 Å². The lowest BCUT2D eigenvalue weighted by Crippen LogP contribution is -2.47. The van der Waals surface area contributed by atoms with E-state index in [0.29, 0.717) is 45.0 Å². The number of piperidine rings is 1. The van der Waals surface area contributed by atoms with E-state index < -0.39 is 10.0 Å². The number of rotatable bonds is 5. The van der Waals surface area contributed by atoms with Gasteiger partial charge in [0.2, 0.25) is 10.0 Å². The average Bonchev–Trinajstić information content (AvgIpc) is 2.80. The predicted octanol–water partition coefficient (Wildman–Crippen LogP) is 2.49. The van der Waals surface area contributed by atoms with Gasteiger partial charge in [-0.2, -0.15) is 4.31 Å². The van der Waals surface area contributed by atoms with Gasteiger partial charge in [0, 0.05) is 51.5 Å². The van der Waals surface area contributed by atoms with Gasteiger partial charge in [-0.25, -0.2) is 13.4 Å². The minimum Gasteiger partial charge on any atom is -0.362 e. The highest BCUT2D eigenvalue weighted by Crippen LogP contribution is 2.29. The normalized spacial score (nSPS) is 18.4. The van der Waals surface area contributed by atoms with E-state index in [9.17, 15) is 18.5 Å². The van der Waals surface area contributed by atoms with Crippen LogP contribution in [0.15, 0.2) is 47.5 Å². The maximum Gasteiger partial charge on any atom is 0.292 e. The maximum atomic E-state index is 12.8. The summed E-state index contributed by atoms with van der Waals surface area (Å²) in [7, 11) is -3.49. The zero-order chi connectivity index (χ0) is 21.1. The van der Waals surface area contributed by atoms with Gasteiger partial charge in [0.15, 0.2) is 0 Å². The lowest BCUT2D eigenvalue weighted by molar-refractivity contribution is -0.384. The average molecular weight is 432 g/mol. The molecule has 30 heavy (non-hydrogen) atoms. The van der Waals surface area contributed by atoms with Crippen LogP contribution in [0.2, 0.25) is 0 Å². The van der Waals surface area contributed by atoms with Crippen LogP contribution in [0, 0.1) is 10.1 Å². The molecule has 0 bridgehead atoms. The van der Waals surface area contributed by atoms with E-state index in [1.54, 1.807) is 34.6 Å². The first-order valence-corrected chi connectivity index (χ1v) is 11.6. The molecular formula is C20H25N5O4S. The Bertz CT molecular complexity index is 998. The minimum atomic E-state index is -3.49. The van der Waals surface area contributed by atoms with Crippen molar-refractivity contribution in [1.82, 2.24) is 9.29 Å². The van der Waals surface area contributed by atoms with Crippen LogP contribution >= 0.6 is 0 Å². The van der Waals surface area contributed by atoms with Crippen molar-refractivity contribution in [2.24, 2.45) is 0 Å². The summed E-state index contributed by atoms with van der Waals surface area (Å²) in [5.74, 6) is 0.717. The molecule has 3 heterocycles. The van der Waals surface area contributed by atoms with Gasteiger partial charge in [-0.15, -0.1) is 0 Å². The van der Waals surface area contributed by atoms with Gasteiger partial charge < -0.3 is 9.80 Å². The number of hydrogen-bond donors (Lipinski definition) is 0. The summed E-state index contributed by atoms with van der Waals surface area (Å²) in [4.78, 5) is 19.6. The molecule has 2 saturated heterocycles. The Labute approximate surface area is 176 Å².